The van der Waals surface area contributed by atoms with Gasteiger partial charge in [-0.05, 0) is 30.5 Å². The van der Waals surface area contributed by atoms with E-state index in [0.29, 0.717) is 13.1 Å². The molecule has 2 aromatic rings. The fraction of sp³-hybridized carbons (Fsp3) is 0.385. The molecule has 2 aliphatic heterocycles. The first-order valence-corrected chi connectivity index (χ1v) is 11.5. The molecular weight excluding hydrogens is 400 g/mol. The second kappa shape index (κ2) is 11.0. The summed E-state index contributed by atoms with van der Waals surface area (Å²) in [5.74, 6) is 0.285. The first kappa shape index (κ1) is 22.1. The van der Waals surface area contributed by atoms with Crippen molar-refractivity contribution in [1.82, 2.24) is 14.7 Å². The third-order valence-corrected chi connectivity index (χ3v) is 6.31. The molecular formula is C26H32N4O2. The quantitative estimate of drug-likeness (QED) is 0.782. The Labute approximate surface area is 190 Å². The summed E-state index contributed by atoms with van der Waals surface area (Å²) in [6.07, 6.45) is 5.82. The molecule has 2 aliphatic rings. The molecule has 3 amide bonds. The fourth-order valence-corrected chi connectivity index (χ4v) is 4.36. The summed E-state index contributed by atoms with van der Waals surface area (Å²) in [5, 5.41) is 2.93. The summed E-state index contributed by atoms with van der Waals surface area (Å²) in [5.41, 5.74) is 2.01. The zero-order valence-electron chi connectivity index (χ0n) is 18.5. The number of hydrogen-bond acceptors (Lipinski definition) is 3. The number of rotatable bonds is 5. The Morgan fingerprint density at radius 1 is 0.812 bits per heavy atom. The van der Waals surface area contributed by atoms with Gasteiger partial charge in [-0.25, -0.2) is 4.79 Å². The fourth-order valence-electron chi connectivity index (χ4n) is 4.36. The number of benzene rings is 2. The Hall–Kier alpha value is -3.12. The van der Waals surface area contributed by atoms with E-state index < -0.39 is 0 Å². The second-order valence-electron chi connectivity index (χ2n) is 8.50. The Morgan fingerprint density at radius 2 is 1.44 bits per heavy atom. The Balaban J connectivity index is 1.17. The van der Waals surface area contributed by atoms with E-state index in [0.717, 1.165) is 51.3 Å². The van der Waals surface area contributed by atoms with Gasteiger partial charge in [0.15, 0.2) is 0 Å². The lowest BCUT2D eigenvalue weighted by Crippen LogP contribution is -2.52. The average molecular weight is 433 g/mol. The molecule has 168 valence electrons. The minimum Gasteiger partial charge on any atom is -0.340 e. The summed E-state index contributed by atoms with van der Waals surface area (Å²) < 4.78 is 0. The summed E-state index contributed by atoms with van der Waals surface area (Å²) in [4.78, 5) is 31.7. The SMILES string of the molecule is O=C(Nc1ccccc1)N1CCC(C(=O)N2CCN(C/C=C/c3ccccc3)CC2)CC1. The van der Waals surface area contributed by atoms with E-state index in [1.807, 2.05) is 58.3 Å². The molecule has 2 aromatic carbocycles. The lowest BCUT2D eigenvalue weighted by molar-refractivity contribution is -0.138. The molecule has 0 unspecified atom stereocenters. The van der Waals surface area contributed by atoms with Crippen LogP contribution in [0.25, 0.3) is 6.08 Å². The van der Waals surface area contributed by atoms with Crippen molar-refractivity contribution in [3.63, 3.8) is 0 Å². The van der Waals surface area contributed by atoms with Crippen molar-refractivity contribution in [2.24, 2.45) is 5.92 Å². The van der Waals surface area contributed by atoms with Crippen molar-refractivity contribution in [3.8, 4) is 0 Å². The van der Waals surface area contributed by atoms with Gasteiger partial charge in [0.25, 0.3) is 0 Å². The molecule has 0 bridgehead atoms. The van der Waals surface area contributed by atoms with E-state index in [4.69, 9.17) is 0 Å². The van der Waals surface area contributed by atoms with Crippen LogP contribution in [-0.4, -0.2) is 72.5 Å². The summed E-state index contributed by atoms with van der Waals surface area (Å²) in [6.45, 7) is 5.54. The largest absolute Gasteiger partial charge is 0.340 e. The predicted octanol–water partition coefficient (Wildman–Crippen LogP) is 3.79. The third kappa shape index (κ3) is 5.98. The van der Waals surface area contributed by atoms with E-state index in [-0.39, 0.29) is 17.9 Å². The Kier molecular flexibility index (Phi) is 7.56. The van der Waals surface area contributed by atoms with Crippen LogP contribution >= 0.6 is 0 Å². The van der Waals surface area contributed by atoms with Crippen LogP contribution in [0.3, 0.4) is 0 Å². The molecule has 2 heterocycles. The molecule has 2 saturated heterocycles. The summed E-state index contributed by atoms with van der Waals surface area (Å²) in [7, 11) is 0. The topological polar surface area (TPSA) is 55.9 Å². The molecule has 1 N–H and O–H groups in total. The number of carbonyl (C=O) groups excluding carboxylic acids is 2. The number of carbonyl (C=O) groups is 2. The molecule has 0 aliphatic carbocycles. The maximum atomic E-state index is 13.0. The average Bonchev–Trinajstić information content (AvgIpc) is 2.85. The van der Waals surface area contributed by atoms with Crippen LogP contribution in [0.1, 0.15) is 18.4 Å². The number of likely N-dealkylation sites (tertiary alicyclic amines) is 1. The van der Waals surface area contributed by atoms with Gasteiger partial charge in [0.1, 0.15) is 0 Å². The number of amides is 3. The van der Waals surface area contributed by atoms with Crippen molar-refractivity contribution in [3.05, 3.63) is 72.3 Å². The van der Waals surface area contributed by atoms with E-state index in [1.165, 1.54) is 5.56 Å². The minimum absolute atomic E-state index is 0.0281. The molecule has 6 heteroatoms. The van der Waals surface area contributed by atoms with Crippen molar-refractivity contribution < 1.29 is 9.59 Å². The highest BCUT2D eigenvalue weighted by Gasteiger charge is 2.31. The second-order valence-corrected chi connectivity index (χ2v) is 8.50. The highest BCUT2D eigenvalue weighted by Crippen LogP contribution is 2.21. The zero-order valence-corrected chi connectivity index (χ0v) is 18.5. The number of piperazine rings is 1. The monoisotopic (exact) mass is 432 g/mol. The lowest BCUT2D eigenvalue weighted by Gasteiger charge is -2.38. The Bertz CT molecular complexity index is 900. The van der Waals surface area contributed by atoms with Crippen LogP contribution < -0.4 is 5.32 Å². The van der Waals surface area contributed by atoms with Crippen LogP contribution in [0.15, 0.2) is 66.7 Å². The van der Waals surface area contributed by atoms with Crippen LogP contribution in [0.4, 0.5) is 10.5 Å². The number of urea groups is 1. The predicted molar refractivity (Wildman–Crippen MR) is 128 cm³/mol. The van der Waals surface area contributed by atoms with Crippen LogP contribution in [0, 0.1) is 5.92 Å². The molecule has 0 spiro atoms. The minimum atomic E-state index is -0.0840. The smallest absolute Gasteiger partial charge is 0.321 e. The lowest BCUT2D eigenvalue weighted by atomic mass is 9.95. The maximum absolute atomic E-state index is 13.0. The van der Waals surface area contributed by atoms with E-state index in [2.05, 4.69) is 34.5 Å². The number of hydrogen-bond donors (Lipinski definition) is 1. The molecule has 4 rings (SSSR count). The van der Waals surface area contributed by atoms with Gasteiger partial charge in [-0.3, -0.25) is 9.69 Å². The van der Waals surface area contributed by atoms with Gasteiger partial charge in [-0.15, -0.1) is 0 Å². The van der Waals surface area contributed by atoms with Crippen LogP contribution in [0.5, 0.6) is 0 Å². The van der Waals surface area contributed by atoms with Gasteiger partial charge in [-0.2, -0.15) is 0 Å². The number of para-hydroxylation sites is 1. The summed E-state index contributed by atoms with van der Waals surface area (Å²) in [6, 6.07) is 19.7. The number of nitrogens with zero attached hydrogens (tertiary/aromatic N) is 3. The Morgan fingerprint density at radius 3 is 2.09 bits per heavy atom. The van der Waals surface area contributed by atoms with Gasteiger partial charge in [0, 0.05) is 57.4 Å². The number of anilines is 1. The van der Waals surface area contributed by atoms with Crippen molar-refractivity contribution >= 4 is 23.7 Å². The van der Waals surface area contributed by atoms with Gasteiger partial charge in [-0.1, -0.05) is 60.7 Å². The molecule has 32 heavy (non-hydrogen) atoms. The highest BCUT2D eigenvalue weighted by molar-refractivity contribution is 5.89. The molecule has 2 fully saturated rings. The van der Waals surface area contributed by atoms with Crippen LogP contribution in [0.2, 0.25) is 0 Å². The molecule has 0 saturated carbocycles. The van der Waals surface area contributed by atoms with Gasteiger partial charge in [0.2, 0.25) is 5.91 Å². The van der Waals surface area contributed by atoms with Gasteiger partial charge < -0.3 is 15.1 Å². The van der Waals surface area contributed by atoms with E-state index in [9.17, 15) is 9.59 Å². The maximum Gasteiger partial charge on any atom is 0.321 e. The summed E-state index contributed by atoms with van der Waals surface area (Å²) >= 11 is 0. The van der Waals surface area contributed by atoms with Crippen molar-refractivity contribution in [1.29, 1.82) is 0 Å². The first-order chi connectivity index (χ1) is 15.7. The normalized spacial score (nSPS) is 18.1. The van der Waals surface area contributed by atoms with E-state index >= 15 is 0 Å². The third-order valence-electron chi connectivity index (χ3n) is 6.31. The zero-order chi connectivity index (χ0) is 22.2. The molecule has 0 aromatic heterocycles. The van der Waals surface area contributed by atoms with E-state index in [1.54, 1.807) is 0 Å². The number of nitrogens with one attached hydrogen (secondary N) is 1. The van der Waals surface area contributed by atoms with Crippen molar-refractivity contribution in [2.45, 2.75) is 12.8 Å². The van der Waals surface area contributed by atoms with Gasteiger partial charge in [0.05, 0.1) is 0 Å². The number of piperidine rings is 1. The molecule has 0 radical (unpaired) electrons. The van der Waals surface area contributed by atoms with Crippen molar-refractivity contribution in [2.75, 3.05) is 51.1 Å². The molecule has 0 atom stereocenters. The van der Waals surface area contributed by atoms with Gasteiger partial charge >= 0.3 is 6.03 Å². The molecule has 6 nitrogen and oxygen atoms in total. The van der Waals surface area contributed by atoms with Crippen LogP contribution in [-0.2, 0) is 4.79 Å². The highest BCUT2D eigenvalue weighted by atomic mass is 16.2. The standard InChI is InChI=1S/C26H32N4O2/c31-25(23-13-16-30(17-14-23)26(32)27-24-11-5-2-6-12-24)29-20-18-28(19-21-29)15-7-10-22-8-3-1-4-9-22/h1-12,23H,13-21H2,(H,27,32)/b10-7+. The first-order valence-electron chi connectivity index (χ1n) is 11.5.